The van der Waals surface area contributed by atoms with Gasteiger partial charge in [-0.05, 0) is 57.6 Å². The van der Waals surface area contributed by atoms with Crippen LogP contribution in [0, 0.1) is 5.92 Å². The van der Waals surface area contributed by atoms with Gasteiger partial charge in [0.05, 0.1) is 11.3 Å². The van der Waals surface area contributed by atoms with Crippen LogP contribution in [0.25, 0.3) is 0 Å². The van der Waals surface area contributed by atoms with Crippen molar-refractivity contribution in [1.29, 1.82) is 0 Å². The minimum atomic E-state index is -0.556. The lowest BCUT2D eigenvalue weighted by Gasteiger charge is -2.26. The topological polar surface area (TPSA) is 84.5 Å². The van der Waals surface area contributed by atoms with Gasteiger partial charge < -0.3 is 15.4 Å². The molecule has 0 atom stereocenters. The third kappa shape index (κ3) is 7.54. The molecule has 0 bridgehead atoms. The van der Waals surface area contributed by atoms with Crippen LogP contribution in [-0.2, 0) is 14.3 Å². The molecule has 0 aliphatic heterocycles. The molecule has 2 N–H and O–H groups in total. The van der Waals surface area contributed by atoms with Gasteiger partial charge in [0.2, 0.25) is 5.91 Å². The SMILES string of the molecule is CC1CCC(NC(=O)COC(=O)c2ccccc2SCC(=O)NC(C)C)CC1. The summed E-state index contributed by atoms with van der Waals surface area (Å²) >= 11 is 1.27. The molecule has 0 unspecified atom stereocenters. The number of thioether (sulfide) groups is 1. The molecule has 1 aliphatic carbocycles. The van der Waals surface area contributed by atoms with E-state index >= 15 is 0 Å². The summed E-state index contributed by atoms with van der Waals surface area (Å²) in [6.45, 7) is 5.72. The summed E-state index contributed by atoms with van der Waals surface area (Å²) in [6.07, 6.45) is 4.16. The summed E-state index contributed by atoms with van der Waals surface area (Å²) in [5.74, 6) is 0.00404. The predicted octanol–water partition coefficient (Wildman–Crippen LogP) is 3.16. The summed E-state index contributed by atoms with van der Waals surface area (Å²) < 4.78 is 5.20. The van der Waals surface area contributed by atoms with Gasteiger partial charge in [0, 0.05) is 17.0 Å². The second-order valence-corrected chi connectivity index (χ2v) is 8.62. The number of nitrogens with one attached hydrogen (secondary N) is 2. The Kier molecular flexibility index (Phi) is 8.83. The van der Waals surface area contributed by atoms with Crippen molar-refractivity contribution in [3.63, 3.8) is 0 Å². The van der Waals surface area contributed by atoms with Gasteiger partial charge in [0.1, 0.15) is 0 Å². The summed E-state index contributed by atoms with van der Waals surface area (Å²) in [4.78, 5) is 37.0. The van der Waals surface area contributed by atoms with Gasteiger partial charge in [-0.15, -0.1) is 11.8 Å². The van der Waals surface area contributed by atoms with Crippen LogP contribution in [0.1, 0.15) is 56.8 Å². The maximum atomic E-state index is 12.4. The van der Waals surface area contributed by atoms with Crippen molar-refractivity contribution >= 4 is 29.5 Å². The van der Waals surface area contributed by atoms with Gasteiger partial charge in [0.15, 0.2) is 6.61 Å². The van der Waals surface area contributed by atoms with Crippen molar-refractivity contribution in [2.24, 2.45) is 5.92 Å². The Balaban J connectivity index is 1.83. The van der Waals surface area contributed by atoms with E-state index in [9.17, 15) is 14.4 Å². The van der Waals surface area contributed by atoms with Crippen molar-refractivity contribution in [2.75, 3.05) is 12.4 Å². The molecule has 2 amide bonds. The van der Waals surface area contributed by atoms with E-state index in [1.54, 1.807) is 24.3 Å². The summed E-state index contributed by atoms with van der Waals surface area (Å²) in [6, 6.07) is 7.19. The number of benzene rings is 1. The number of ether oxygens (including phenoxy) is 1. The van der Waals surface area contributed by atoms with Crippen LogP contribution in [0.15, 0.2) is 29.2 Å². The standard InChI is InChI=1S/C21H30N2O4S/c1-14(2)22-20(25)13-28-18-7-5-4-6-17(18)21(26)27-12-19(24)23-16-10-8-15(3)9-11-16/h4-7,14-16H,8-13H2,1-3H3,(H,22,25)(H,23,24). The van der Waals surface area contributed by atoms with Gasteiger partial charge in [-0.25, -0.2) is 4.79 Å². The van der Waals surface area contributed by atoms with Crippen molar-refractivity contribution in [2.45, 2.75) is 63.4 Å². The highest BCUT2D eigenvalue weighted by Crippen LogP contribution is 2.24. The van der Waals surface area contributed by atoms with E-state index in [0.717, 1.165) is 25.7 Å². The first-order valence-corrected chi connectivity index (χ1v) is 10.8. The second kappa shape index (κ2) is 11.1. The highest BCUT2D eigenvalue weighted by Gasteiger charge is 2.21. The molecule has 0 spiro atoms. The highest BCUT2D eigenvalue weighted by molar-refractivity contribution is 8.00. The van der Waals surface area contributed by atoms with Crippen LogP contribution in [0.2, 0.25) is 0 Å². The Morgan fingerprint density at radius 3 is 2.46 bits per heavy atom. The normalized spacial score (nSPS) is 19.1. The van der Waals surface area contributed by atoms with E-state index in [4.69, 9.17) is 4.74 Å². The monoisotopic (exact) mass is 406 g/mol. The average molecular weight is 407 g/mol. The number of amides is 2. The van der Waals surface area contributed by atoms with Gasteiger partial charge in [-0.1, -0.05) is 19.1 Å². The molecule has 1 aromatic carbocycles. The van der Waals surface area contributed by atoms with Crippen molar-refractivity contribution in [1.82, 2.24) is 10.6 Å². The van der Waals surface area contributed by atoms with E-state index in [1.165, 1.54) is 11.8 Å². The Morgan fingerprint density at radius 2 is 1.79 bits per heavy atom. The molecule has 2 rings (SSSR count). The molecule has 7 heteroatoms. The Hall–Kier alpha value is -2.02. The van der Waals surface area contributed by atoms with Crippen molar-refractivity contribution in [3.05, 3.63) is 29.8 Å². The zero-order valence-corrected chi connectivity index (χ0v) is 17.6. The zero-order valence-electron chi connectivity index (χ0n) is 16.8. The van der Waals surface area contributed by atoms with Gasteiger partial charge in [0.25, 0.3) is 5.91 Å². The number of esters is 1. The lowest BCUT2D eigenvalue weighted by Crippen LogP contribution is -2.39. The number of hydrogen-bond donors (Lipinski definition) is 2. The molecule has 154 valence electrons. The molecule has 6 nitrogen and oxygen atoms in total. The van der Waals surface area contributed by atoms with Gasteiger partial charge in [-0.3, -0.25) is 9.59 Å². The molecule has 28 heavy (non-hydrogen) atoms. The first-order chi connectivity index (χ1) is 13.3. The molecular weight excluding hydrogens is 376 g/mol. The molecule has 1 aromatic rings. The quantitative estimate of drug-likeness (QED) is 0.512. The number of hydrogen-bond acceptors (Lipinski definition) is 5. The highest BCUT2D eigenvalue weighted by atomic mass is 32.2. The second-order valence-electron chi connectivity index (χ2n) is 7.61. The maximum Gasteiger partial charge on any atom is 0.339 e. The molecule has 0 heterocycles. The Labute approximate surface area is 171 Å². The van der Waals surface area contributed by atoms with Crippen LogP contribution in [0.5, 0.6) is 0 Å². The van der Waals surface area contributed by atoms with Crippen LogP contribution < -0.4 is 10.6 Å². The minimum Gasteiger partial charge on any atom is -0.452 e. The summed E-state index contributed by atoms with van der Waals surface area (Å²) in [5.41, 5.74) is 0.365. The first kappa shape index (κ1) is 22.3. The van der Waals surface area contributed by atoms with E-state index in [2.05, 4.69) is 17.6 Å². The number of carbonyl (C=O) groups excluding carboxylic acids is 3. The van der Waals surface area contributed by atoms with Gasteiger partial charge in [-0.2, -0.15) is 0 Å². The predicted molar refractivity (Wildman–Crippen MR) is 110 cm³/mol. The maximum absolute atomic E-state index is 12.4. The van der Waals surface area contributed by atoms with E-state index in [0.29, 0.717) is 16.4 Å². The van der Waals surface area contributed by atoms with E-state index in [-0.39, 0.29) is 36.3 Å². The van der Waals surface area contributed by atoms with Crippen LogP contribution in [-0.4, -0.2) is 42.2 Å². The molecule has 0 radical (unpaired) electrons. The molecule has 0 aromatic heterocycles. The fraction of sp³-hybridized carbons (Fsp3) is 0.571. The Bertz CT molecular complexity index is 685. The van der Waals surface area contributed by atoms with Crippen LogP contribution >= 0.6 is 11.8 Å². The molecular formula is C21H30N2O4S. The fourth-order valence-corrected chi connectivity index (χ4v) is 4.00. The smallest absolute Gasteiger partial charge is 0.339 e. The first-order valence-electron chi connectivity index (χ1n) is 9.82. The molecule has 1 fully saturated rings. The largest absolute Gasteiger partial charge is 0.452 e. The molecule has 0 saturated heterocycles. The molecule has 1 aliphatic rings. The lowest BCUT2D eigenvalue weighted by molar-refractivity contribution is -0.125. The molecule has 1 saturated carbocycles. The zero-order chi connectivity index (χ0) is 20.5. The summed E-state index contributed by atoms with van der Waals surface area (Å²) in [5, 5.41) is 5.76. The van der Waals surface area contributed by atoms with E-state index in [1.807, 2.05) is 13.8 Å². The average Bonchev–Trinajstić information content (AvgIpc) is 2.66. The fourth-order valence-electron chi connectivity index (χ4n) is 3.15. The van der Waals surface area contributed by atoms with Crippen LogP contribution in [0.3, 0.4) is 0 Å². The summed E-state index contributed by atoms with van der Waals surface area (Å²) in [7, 11) is 0. The van der Waals surface area contributed by atoms with Crippen molar-refractivity contribution < 1.29 is 19.1 Å². The van der Waals surface area contributed by atoms with Gasteiger partial charge >= 0.3 is 5.97 Å². The van der Waals surface area contributed by atoms with Crippen molar-refractivity contribution in [3.8, 4) is 0 Å². The number of carbonyl (C=O) groups is 3. The minimum absolute atomic E-state index is 0.0687. The number of rotatable bonds is 8. The third-order valence-electron chi connectivity index (χ3n) is 4.63. The lowest BCUT2D eigenvalue weighted by atomic mass is 9.87. The third-order valence-corrected chi connectivity index (χ3v) is 5.70. The Morgan fingerprint density at radius 1 is 1.11 bits per heavy atom. The van der Waals surface area contributed by atoms with Crippen LogP contribution in [0.4, 0.5) is 0 Å². The van der Waals surface area contributed by atoms with E-state index < -0.39 is 5.97 Å².